The van der Waals surface area contributed by atoms with Crippen molar-refractivity contribution in [3.63, 3.8) is 0 Å². The zero-order valence-corrected chi connectivity index (χ0v) is 8.01. The van der Waals surface area contributed by atoms with E-state index in [0.29, 0.717) is 11.2 Å². The third-order valence-corrected chi connectivity index (χ3v) is 2.52. The molecule has 1 aliphatic heterocycles. The van der Waals surface area contributed by atoms with E-state index in [1.54, 1.807) is 6.20 Å². The highest BCUT2D eigenvalue weighted by atomic mass is 35.5. The lowest BCUT2D eigenvalue weighted by Crippen LogP contribution is -2.42. The van der Waals surface area contributed by atoms with Gasteiger partial charge in [0.2, 0.25) is 0 Å². The molecule has 0 saturated carbocycles. The van der Waals surface area contributed by atoms with Gasteiger partial charge in [-0.1, -0.05) is 17.7 Å². The first-order chi connectivity index (χ1) is 6.38. The van der Waals surface area contributed by atoms with Gasteiger partial charge >= 0.3 is 0 Å². The molecule has 1 fully saturated rings. The van der Waals surface area contributed by atoms with E-state index >= 15 is 0 Å². The van der Waals surface area contributed by atoms with Crippen LogP contribution in [0.1, 0.15) is 11.6 Å². The number of rotatable bonds is 1. The highest BCUT2D eigenvalue weighted by Gasteiger charge is 2.16. The molecule has 1 atom stereocenters. The van der Waals surface area contributed by atoms with E-state index in [-0.39, 0.29) is 0 Å². The zero-order valence-electron chi connectivity index (χ0n) is 7.26. The van der Waals surface area contributed by atoms with Crippen LogP contribution in [0.2, 0.25) is 5.15 Å². The number of aromatic nitrogens is 1. The lowest BCUT2D eigenvalue weighted by molar-refractivity contribution is 0.429. The van der Waals surface area contributed by atoms with Gasteiger partial charge in [-0.2, -0.15) is 0 Å². The van der Waals surface area contributed by atoms with E-state index in [2.05, 4.69) is 15.6 Å². The van der Waals surface area contributed by atoms with Crippen molar-refractivity contribution in [2.75, 3.05) is 19.6 Å². The van der Waals surface area contributed by atoms with Crippen LogP contribution in [-0.2, 0) is 0 Å². The van der Waals surface area contributed by atoms with Crippen molar-refractivity contribution >= 4 is 11.6 Å². The van der Waals surface area contributed by atoms with Gasteiger partial charge in [0.25, 0.3) is 0 Å². The predicted octanol–water partition coefficient (Wildman–Crippen LogP) is 0.969. The third-order valence-electron chi connectivity index (χ3n) is 2.20. The second-order valence-electron chi connectivity index (χ2n) is 3.09. The van der Waals surface area contributed by atoms with Gasteiger partial charge in [-0.3, -0.25) is 0 Å². The van der Waals surface area contributed by atoms with Crippen molar-refractivity contribution in [3.8, 4) is 0 Å². The topological polar surface area (TPSA) is 37.0 Å². The molecule has 0 radical (unpaired) electrons. The number of halogens is 1. The van der Waals surface area contributed by atoms with Gasteiger partial charge in [-0.05, 0) is 6.07 Å². The molecule has 0 aliphatic carbocycles. The van der Waals surface area contributed by atoms with Crippen molar-refractivity contribution in [2.45, 2.75) is 6.04 Å². The van der Waals surface area contributed by atoms with Crippen molar-refractivity contribution in [3.05, 3.63) is 29.0 Å². The molecule has 1 aliphatic rings. The second kappa shape index (κ2) is 4.05. The molecular formula is C9H12ClN3. The Hall–Kier alpha value is -0.640. The summed E-state index contributed by atoms with van der Waals surface area (Å²) in [4.78, 5) is 4.05. The van der Waals surface area contributed by atoms with E-state index in [1.807, 2.05) is 12.1 Å². The average molecular weight is 198 g/mol. The van der Waals surface area contributed by atoms with Gasteiger partial charge in [0.1, 0.15) is 5.15 Å². The van der Waals surface area contributed by atoms with Gasteiger partial charge in [-0.15, -0.1) is 0 Å². The number of hydrogen-bond acceptors (Lipinski definition) is 3. The van der Waals surface area contributed by atoms with Gasteiger partial charge in [0, 0.05) is 37.4 Å². The number of pyridine rings is 1. The number of nitrogens with zero attached hydrogens (tertiary/aromatic N) is 1. The van der Waals surface area contributed by atoms with E-state index in [4.69, 9.17) is 11.6 Å². The smallest absolute Gasteiger partial charge is 0.133 e. The van der Waals surface area contributed by atoms with Crippen LogP contribution in [0, 0.1) is 0 Å². The summed E-state index contributed by atoms with van der Waals surface area (Å²) in [6.07, 6.45) is 1.71. The predicted molar refractivity (Wildman–Crippen MR) is 52.9 cm³/mol. The first kappa shape index (κ1) is 8.94. The van der Waals surface area contributed by atoms with Crippen molar-refractivity contribution in [2.24, 2.45) is 0 Å². The van der Waals surface area contributed by atoms with Crippen LogP contribution in [0.5, 0.6) is 0 Å². The fourth-order valence-electron chi connectivity index (χ4n) is 1.53. The van der Waals surface area contributed by atoms with Crippen molar-refractivity contribution in [1.82, 2.24) is 15.6 Å². The van der Waals surface area contributed by atoms with Crippen LogP contribution in [0.15, 0.2) is 18.3 Å². The number of hydrogen-bond donors (Lipinski definition) is 2. The van der Waals surface area contributed by atoms with E-state index < -0.39 is 0 Å². The summed E-state index contributed by atoms with van der Waals surface area (Å²) in [6, 6.07) is 4.23. The Kier molecular flexibility index (Phi) is 2.78. The van der Waals surface area contributed by atoms with Crippen LogP contribution in [-0.4, -0.2) is 24.6 Å². The molecule has 1 aromatic heterocycles. The van der Waals surface area contributed by atoms with Crippen LogP contribution >= 0.6 is 11.6 Å². The summed E-state index contributed by atoms with van der Waals surface area (Å²) in [5, 5.41) is 7.30. The van der Waals surface area contributed by atoms with Gasteiger partial charge < -0.3 is 10.6 Å². The van der Waals surface area contributed by atoms with E-state index in [9.17, 15) is 0 Å². The highest BCUT2D eigenvalue weighted by Crippen LogP contribution is 2.20. The molecular weight excluding hydrogens is 186 g/mol. The SMILES string of the molecule is Clc1ncccc1[C@H]1CNCCN1. The second-order valence-corrected chi connectivity index (χ2v) is 3.45. The maximum absolute atomic E-state index is 5.98. The third kappa shape index (κ3) is 1.99. The molecule has 13 heavy (non-hydrogen) atoms. The fourth-order valence-corrected chi connectivity index (χ4v) is 1.78. The normalized spacial score (nSPS) is 23.0. The molecule has 3 nitrogen and oxygen atoms in total. The minimum absolute atomic E-state index is 0.301. The number of piperazine rings is 1. The first-order valence-electron chi connectivity index (χ1n) is 4.42. The quantitative estimate of drug-likeness (QED) is 0.659. The Labute approximate surface area is 82.5 Å². The van der Waals surface area contributed by atoms with Crippen molar-refractivity contribution in [1.29, 1.82) is 0 Å². The van der Waals surface area contributed by atoms with E-state index in [0.717, 1.165) is 25.2 Å². The van der Waals surface area contributed by atoms with Gasteiger partial charge in [0.15, 0.2) is 0 Å². The molecule has 0 unspecified atom stereocenters. The Morgan fingerprint density at radius 2 is 2.38 bits per heavy atom. The van der Waals surface area contributed by atoms with Crippen molar-refractivity contribution < 1.29 is 0 Å². The average Bonchev–Trinajstić information content (AvgIpc) is 2.20. The summed E-state index contributed by atoms with van der Waals surface area (Å²) in [5.41, 5.74) is 1.08. The summed E-state index contributed by atoms with van der Waals surface area (Å²) in [5.74, 6) is 0. The lowest BCUT2D eigenvalue weighted by atomic mass is 10.1. The first-order valence-corrected chi connectivity index (χ1v) is 4.80. The standard InChI is InChI=1S/C9H12ClN3/c10-9-7(2-1-3-13-9)8-6-11-4-5-12-8/h1-3,8,11-12H,4-6H2/t8-/m1/s1. The minimum Gasteiger partial charge on any atom is -0.314 e. The minimum atomic E-state index is 0.301. The molecule has 1 aromatic rings. The Bertz CT molecular complexity index is 284. The molecule has 0 aromatic carbocycles. The molecule has 0 amide bonds. The van der Waals surface area contributed by atoms with E-state index in [1.165, 1.54) is 0 Å². The maximum atomic E-state index is 5.98. The van der Waals surface area contributed by atoms with Gasteiger partial charge in [-0.25, -0.2) is 4.98 Å². The lowest BCUT2D eigenvalue weighted by Gasteiger charge is -2.25. The molecule has 0 spiro atoms. The summed E-state index contributed by atoms with van der Waals surface area (Å²) in [7, 11) is 0. The van der Waals surface area contributed by atoms with Crippen LogP contribution < -0.4 is 10.6 Å². The zero-order chi connectivity index (χ0) is 9.10. The summed E-state index contributed by atoms with van der Waals surface area (Å²) < 4.78 is 0. The fraction of sp³-hybridized carbons (Fsp3) is 0.444. The molecule has 2 N–H and O–H groups in total. The van der Waals surface area contributed by atoms with Crippen LogP contribution in [0.4, 0.5) is 0 Å². The molecule has 70 valence electrons. The Morgan fingerprint density at radius 1 is 1.46 bits per heavy atom. The molecule has 2 heterocycles. The summed E-state index contributed by atoms with van der Waals surface area (Å²) >= 11 is 5.98. The largest absolute Gasteiger partial charge is 0.314 e. The molecule has 2 rings (SSSR count). The molecule has 4 heteroatoms. The number of nitrogens with one attached hydrogen (secondary N) is 2. The molecule has 1 saturated heterocycles. The van der Waals surface area contributed by atoms with Gasteiger partial charge in [0.05, 0.1) is 0 Å². The maximum Gasteiger partial charge on any atom is 0.133 e. The Morgan fingerprint density at radius 3 is 3.08 bits per heavy atom. The molecule has 0 bridgehead atoms. The van der Waals surface area contributed by atoms with Crippen LogP contribution in [0.3, 0.4) is 0 Å². The van der Waals surface area contributed by atoms with Crippen LogP contribution in [0.25, 0.3) is 0 Å². The Balaban J connectivity index is 2.18. The summed E-state index contributed by atoms with van der Waals surface area (Å²) in [6.45, 7) is 2.93. The monoisotopic (exact) mass is 197 g/mol. The highest BCUT2D eigenvalue weighted by molar-refractivity contribution is 6.30.